The van der Waals surface area contributed by atoms with Crippen molar-refractivity contribution < 1.29 is 18.7 Å². The summed E-state index contributed by atoms with van der Waals surface area (Å²) in [5.74, 6) is -1.67. The summed E-state index contributed by atoms with van der Waals surface area (Å²) in [5, 5.41) is 8.47. The van der Waals surface area contributed by atoms with Crippen LogP contribution in [0, 0.1) is 0 Å². The van der Waals surface area contributed by atoms with Crippen LogP contribution in [-0.2, 0) is 4.79 Å². The maximum absolute atomic E-state index is 12.2. The van der Waals surface area contributed by atoms with Crippen LogP contribution in [0.4, 0.5) is 8.78 Å². The van der Waals surface area contributed by atoms with E-state index in [-0.39, 0.29) is 6.42 Å². The van der Waals surface area contributed by atoms with Crippen molar-refractivity contribution in [1.82, 2.24) is 0 Å². The predicted octanol–water partition coefficient (Wildman–Crippen LogP) is 0.163. The molecule has 5 N–H and O–H groups in total. The van der Waals surface area contributed by atoms with Crippen LogP contribution < -0.4 is 11.5 Å². The number of carboxylic acid groups (broad SMARTS) is 1. The van der Waals surface area contributed by atoms with Gasteiger partial charge in [-0.25, -0.2) is 13.6 Å². The summed E-state index contributed by atoms with van der Waals surface area (Å²) in [6, 6.07) is 0. The number of unbranched alkanes of at least 4 members (excludes halogenated alkanes) is 1. The quantitative estimate of drug-likeness (QED) is 0.528. The van der Waals surface area contributed by atoms with Crippen LogP contribution in [0.5, 0.6) is 0 Å². The molecule has 0 radical (unpaired) electrons. The summed E-state index contributed by atoms with van der Waals surface area (Å²) in [5.41, 5.74) is 7.75. The first-order chi connectivity index (χ1) is 5.95. The Balaban J connectivity index is 4.17. The predicted molar refractivity (Wildman–Crippen MR) is 43.5 cm³/mol. The maximum atomic E-state index is 12.2. The Morgan fingerprint density at radius 2 is 2.00 bits per heavy atom. The van der Waals surface area contributed by atoms with Crippen molar-refractivity contribution in [3.63, 3.8) is 0 Å². The highest BCUT2D eigenvalue weighted by molar-refractivity contribution is 5.79. The van der Waals surface area contributed by atoms with Crippen LogP contribution in [-0.4, -0.2) is 29.6 Å². The molecule has 0 rings (SSSR count). The van der Waals surface area contributed by atoms with E-state index in [4.69, 9.17) is 16.6 Å². The van der Waals surface area contributed by atoms with Crippen LogP contribution in [0.1, 0.15) is 19.3 Å². The normalized spacial score (nSPS) is 15.8. The first-order valence-corrected chi connectivity index (χ1v) is 3.95. The van der Waals surface area contributed by atoms with Gasteiger partial charge in [-0.05, 0) is 25.8 Å². The first kappa shape index (κ1) is 12.2. The van der Waals surface area contributed by atoms with E-state index in [0.717, 1.165) is 0 Å². The highest BCUT2D eigenvalue weighted by atomic mass is 19.3. The van der Waals surface area contributed by atoms with Gasteiger partial charge < -0.3 is 16.6 Å². The maximum Gasteiger partial charge on any atom is 0.329 e. The minimum absolute atomic E-state index is 0.253. The van der Waals surface area contributed by atoms with Crippen molar-refractivity contribution in [2.24, 2.45) is 11.5 Å². The standard InChI is InChI=1S/C7H14F2N2O2/c8-5(9)7(11,6(12)13)3-1-2-4-10/h5H,1-4,10-11H2,(H,12,13). The Morgan fingerprint density at radius 1 is 1.46 bits per heavy atom. The van der Waals surface area contributed by atoms with E-state index in [1.165, 1.54) is 0 Å². The molecule has 0 fully saturated rings. The monoisotopic (exact) mass is 196 g/mol. The second-order valence-corrected chi connectivity index (χ2v) is 2.89. The third-order valence-electron chi connectivity index (χ3n) is 1.83. The minimum Gasteiger partial charge on any atom is -0.480 e. The van der Waals surface area contributed by atoms with Crippen molar-refractivity contribution in [3.8, 4) is 0 Å². The van der Waals surface area contributed by atoms with Gasteiger partial charge in [0.05, 0.1) is 0 Å². The van der Waals surface area contributed by atoms with Crippen molar-refractivity contribution >= 4 is 5.97 Å². The smallest absolute Gasteiger partial charge is 0.329 e. The molecule has 0 heterocycles. The molecule has 1 unspecified atom stereocenters. The molecule has 0 aromatic heterocycles. The van der Waals surface area contributed by atoms with Gasteiger partial charge in [0.15, 0.2) is 5.54 Å². The minimum atomic E-state index is -3.05. The Labute approximate surface area is 74.9 Å². The topological polar surface area (TPSA) is 89.3 Å². The molecule has 0 aliphatic carbocycles. The molecule has 0 aromatic rings. The second-order valence-electron chi connectivity index (χ2n) is 2.89. The van der Waals surface area contributed by atoms with Crippen molar-refractivity contribution in [2.45, 2.75) is 31.2 Å². The molecule has 0 saturated heterocycles. The molecule has 4 nitrogen and oxygen atoms in total. The Kier molecular flexibility index (Phi) is 4.79. The number of halogens is 2. The Bertz CT molecular complexity index is 178. The SMILES string of the molecule is NCCCCC(N)(C(=O)O)C(F)F. The van der Waals surface area contributed by atoms with E-state index < -0.39 is 17.9 Å². The van der Waals surface area contributed by atoms with Gasteiger partial charge in [0, 0.05) is 0 Å². The van der Waals surface area contributed by atoms with Gasteiger partial charge in [-0.2, -0.15) is 0 Å². The van der Waals surface area contributed by atoms with Crippen LogP contribution >= 0.6 is 0 Å². The fraction of sp³-hybridized carbons (Fsp3) is 0.857. The number of aliphatic carboxylic acids is 1. The largest absolute Gasteiger partial charge is 0.480 e. The number of carbonyl (C=O) groups is 1. The van der Waals surface area contributed by atoms with E-state index in [9.17, 15) is 13.6 Å². The summed E-state index contributed by atoms with van der Waals surface area (Å²) in [6.07, 6.45) is -2.51. The first-order valence-electron chi connectivity index (χ1n) is 3.95. The fourth-order valence-electron chi connectivity index (χ4n) is 0.871. The average Bonchev–Trinajstić information content (AvgIpc) is 2.03. The highest BCUT2D eigenvalue weighted by Crippen LogP contribution is 2.20. The third-order valence-corrected chi connectivity index (χ3v) is 1.83. The average molecular weight is 196 g/mol. The fourth-order valence-corrected chi connectivity index (χ4v) is 0.871. The molecule has 1 atom stereocenters. The molecule has 0 aliphatic heterocycles. The molecule has 0 spiro atoms. The van der Waals surface area contributed by atoms with Gasteiger partial charge in [-0.1, -0.05) is 0 Å². The zero-order chi connectivity index (χ0) is 10.5. The zero-order valence-electron chi connectivity index (χ0n) is 7.17. The summed E-state index contributed by atoms with van der Waals surface area (Å²) in [4.78, 5) is 10.4. The van der Waals surface area contributed by atoms with Crippen molar-refractivity contribution in [3.05, 3.63) is 0 Å². The summed E-state index contributed by atoms with van der Waals surface area (Å²) < 4.78 is 24.4. The third kappa shape index (κ3) is 3.23. The van der Waals surface area contributed by atoms with Gasteiger partial charge in [0.25, 0.3) is 6.43 Å². The molecule has 78 valence electrons. The summed E-state index contributed by atoms with van der Waals surface area (Å²) in [6.45, 7) is 0.346. The van der Waals surface area contributed by atoms with Crippen LogP contribution in [0.3, 0.4) is 0 Å². The number of nitrogens with two attached hydrogens (primary N) is 2. The molecule has 0 saturated carbocycles. The second kappa shape index (κ2) is 5.08. The molecule has 13 heavy (non-hydrogen) atoms. The van der Waals surface area contributed by atoms with Crippen LogP contribution in [0.15, 0.2) is 0 Å². The summed E-state index contributed by atoms with van der Waals surface area (Å²) in [7, 11) is 0. The molecule has 0 bridgehead atoms. The lowest BCUT2D eigenvalue weighted by Crippen LogP contribution is -2.54. The van der Waals surface area contributed by atoms with Gasteiger partial charge in [0.2, 0.25) is 0 Å². The Morgan fingerprint density at radius 3 is 2.31 bits per heavy atom. The molecular formula is C7H14F2N2O2. The van der Waals surface area contributed by atoms with E-state index in [1.807, 2.05) is 0 Å². The molecule has 0 aromatic carbocycles. The number of alkyl halides is 2. The van der Waals surface area contributed by atoms with Gasteiger partial charge in [-0.15, -0.1) is 0 Å². The number of carboxylic acids is 1. The van der Waals surface area contributed by atoms with E-state index in [0.29, 0.717) is 19.4 Å². The van der Waals surface area contributed by atoms with Gasteiger partial charge >= 0.3 is 5.97 Å². The number of hydrogen-bond donors (Lipinski definition) is 3. The van der Waals surface area contributed by atoms with Crippen LogP contribution in [0.2, 0.25) is 0 Å². The van der Waals surface area contributed by atoms with Crippen LogP contribution in [0.25, 0.3) is 0 Å². The number of rotatable bonds is 6. The lowest BCUT2D eigenvalue weighted by Gasteiger charge is -2.23. The molecule has 0 aliphatic rings. The molecular weight excluding hydrogens is 182 g/mol. The zero-order valence-corrected chi connectivity index (χ0v) is 7.17. The van der Waals surface area contributed by atoms with E-state index in [1.54, 1.807) is 0 Å². The van der Waals surface area contributed by atoms with Gasteiger partial charge in [0.1, 0.15) is 0 Å². The van der Waals surface area contributed by atoms with E-state index >= 15 is 0 Å². The number of hydrogen-bond acceptors (Lipinski definition) is 3. The van der Waals surface area contributed by atoms with Crippen molar-refractivity contribution in [1.29, 1.82) is 0 Å². The van der Waals surface area contributed by atoms with Crippen molar-refractivity contribution in [2.75, 3.05) is 6.54 Å². The molecule has 6 heteroatoms. The summed E-state index contributed by atoms with van der Waals surface area (Å²) >= 11 is 0. The lowest BCUT2D eigenvalue weighted by atomic mass is 9.94. The van der Waals surface area contributed by atoms with E-state index in [2.05, 4.69) is 0 Å². The van der Waals surface area contributed by atoms with Gasteiger partial charge in [-0.3, -0.25) is 0 Å². The lowest BCUT2D eigenvalue weighted by molar-refractivity contribution is -0.150. The highest BCUT2D eigenvalue weighted by Gasteiger charge is 2.42. The molecule has 0 amide bonds. The Hall–Kier alpha value is -0.750.